The number of carbonyl (C=O) groups is 1. The molecule has 2 saturated carbocycles. The number of aromatic nitrogens is 2. The van der Waals surface area contributed by atoms with Crippen molar-refractivity contribution in [1.29, 1.82) is 0 Å². The van der Waals surface area contributed by atoms with Crippen molar-refractivity contribution in [3.8, 4) is 0 Å². The average molecular weight is 335 g/mol. The lowest BCUT2D eigenvalue weighted by molar-refractivity contribution is -0.151. The van der Waals surface area contributed by atoms with Crippen LogP contribution in [-0.4, -0.2) is 39.4 Å². The summed E-state index contributed by atoms with van der Waals surface area (Å²) in [6.07, 6.45) is 4.90. The first-order valence-corrected chi connectivity index (χ1v) is 9.24. The van der Waals surface area contributed by atoms with Gasteiger partial charge < -0.3 is 9.64 Å². The molecule has 3 aliphatic rings. The van der Waals surface area contributed by atoms with Crippen molar-refractivity contribution in [2.75, 3.05) is 13.2 Å². The van der Waals surface area contributed by atoms with Gasteiger partial charge in [-0.25, -0.2) is 4.39 Å². The van der Waals surface area contributed by atoms with Crippen LogP contribution in [0, 0.1) is 5.92 Å². The van der Waals surface area contributed by atoms with E-state index in [-0.39, 0.29) is 5.91 Å². The van der Waals surface area contributed by atoms with Gasteiger partial charge in [-0.05, 0) is 44.9 Å². The Hall–Kier alpha value is -1.43. The molecule has 0 saturated heterocycles. The average Bonchev–Trinajstić information content (AvgIpc) is 3.31. The highest BCUT2D eigenvalue weighted by atomic mass is 19.1. The summed E-state index contributed by atoms with van der Waals surface area (Å²) >= 11 is 0. The van der Waals surface area contributed by atoms with Gasteiger partial charge in [-0.15, -0.1) is 0 Å². The molecule has 1 aromatic heterocycles. The van der Waals surface area contributed by atoms with E-state index in [0.29, 0.717) is 39.1 Å². The fraction of sp³-hybridized carbons (Fsp3) is 0.778. The lowest BCUT2D eigenvalue weighted by Crippen LogP contribution is -2.51. The highest BCUT2D eigenvalue weighted by Gasteiger charge is 2.47. The van der Waals surface area contributed by atoms with Crippen molar-refractivity contribution in [2.24, 2.45) is 5.92 Å². The minimum Gasteiger partial charge on any atom is -0.375 e. The smallest absolute Gasteiger partial charge is 0.260 e. The predicted octanol–water partition coefficient (Wildman–Crippen LogP) is 2.61. The molecular weight excluding hydrogens is 309 g/mol. The van der Waals surface area contributed by atoms with Crippen molar-refractivity contribution < 1.29 is 13.9 Å². The summed E-state index contributed by atoms with van der Waals surface area (Å²) in [7, 11) is 0. The molecule has 5 nitrogen and oxygen atoms in total. The van der Waals surface area contributed by atoms with Crippen LogP contribution >= 0.6 is 0 Å². The summed E-state index contributed by atoms with van der Waals surface area (Å²) in [6.45, 7) is 5.12. The van der Waals surface area contributed by atoms with Crippen molar-refractivity contribution >= 4 is 5.91 Å². The van der Waals surface area contributed by atoms with Gasteiger partial charge in [0.25, 0.3) is 5.91 Å². The summed E-state index contributed by atoms with van der Waals surface area (Å²) in [5.74, 6) is 0.425. The Balaban J connectivity index is 1.56. The number of hydrogen-bond acceptors (Lipinski definition) is 3. The molecule has 1 amide bonds. The third-order valence-corrected chi connectivity index (χ3v) is 5.60. The molecule has 0 N–H and O–H groups in total. The number of ether oxygens (including phenoxy) is 1. The van der Waals surface area contributed by atoms with E-state index in [2.05, 4.69) is 4.68 Å². The van der Waals surface area contributed by atoms with Crippen molar-refractivity contribution in [3.63, 3.8) is 0 Å². The summed E-state index contributed by atoms with van der Waals surface area (Å²) < 4.78 is 22.2. The molecule has 1 aromatic rings. The summed E-state index contributed by atoms with van der Waals surface area (Å²) in [4.78, 5) is 14.2. The SMILES string of the molecule is CCOCc1nn(CC2CC2)c2c1CN(C(=O)C1(F)CCC1)CC2. The van der Waals surface area contributed by atoms with Crippen LogP contribution in [0.1, 0.15) is 56.0 Å². The highest BCUT2D eigenvalue weighted by molar-refractivity contribution is 5.86. The molecule has 1 aliphatic heterocycles. The van der Waals surface area contributed by atoms with Crippen LogP contribution in [0.25, 0.3) is 0 Å². The number of carbonyl (C=O) groups excluding carboxylic acids is 1. The van der Waals surface area contributed by atoms with E-state index < -0.39 is 5.67 Å². The Bertz CT molecular complexity index is 634. The van der Waals surface area contributed by atoms with Crippen LogP contribution in [0.2, 0.25) is 0 Å². The maximum atomic E-state index is 14.5. The van der Waals surface area contributed by atoms with E-state index >= 15 is 0 Å². The van der Waals surface area contributed by atoms with Gasteiger partial charge in [0.15, 0.2) is 5.67 Å². The number of fused-ring (bicyclic) bond motifs is 1. The standard InChI is InChI=1S/C18H26FN3O2/c1-2-24-12-15-14-11-21(17(23)18(19)7-3-8-18)9-6-16(14)22(20-15)10-13-4-5-13/h13H,2-12H2,1H3. The van der Waals surface area contributed by atoms with E-state index in [1.807, 2.05) is 6.92 Å². The lowest BCUT2D eigenvalue weighted by Gasteiger charge is -2.38. The predicted molar refractivity (Wildman–Crippen MR) is 87.1 cm³/mol. The first kappa shape index (κ1) is 16.1. The van der Waals surface area contributed by atoms with Crippen LogP contribution in [0.5, 0.6) is 0 Å². The largest absolute Gasteiger partial charge is 0.375 e. The monoisotopic (exact) mass is 335 g/mol. The third kappa shape index (κ3) is 2.85. The number of hydrogen-bond donors (Lipinski definition) is 0. The Morgan fingerprint density at radius 1 is 1.42 bits per heavy atom. The fourth-order valence-corrected chi connectivity index (χ4v) is 3.73. The van der Waals surface area contributed by atoms with Gasteiger partial charge in [0.05, 0.1) is 12.3 Å². The Kier molecular flexibility index (Phi) is 4.11. The molecule has 6 heteroatoms. The third-order valence-electron chi connectivity index (χ3n) is 5.60. The molecule has 0 unspecified atom stereocenters. The topological polar surface area (TPSA) is 47.4 Å². The maximum Gasteiger partial charge on any atom is 0.260 e. The second-order valence-electron chi connectivity index (χ2n) is 7.43. The zero-order valence-corrected chi connectivity index (χ0v) is 14.4. The number of rotatable bonds is 6. The van der Waals surface area contributed by atoms with E-state index in [0.717, 1.165) is 36.6 Å². The quantitative estimate of drug-likeness (QED) is 0.803. The van der Waals surface area contributed by atoms with Gasteiger partial charge in [-0.3, -0.25) is 9.48 Å². The van der Waals surface area contributed by atoms with Crippen molar-refractivity contribution in [2.45, 2.75) is 70.8 Å². The Morgan fingerprint density at radius 2 is 2.21 bits per heavy atom. The normalized spacial score (nSPS) is 22.2. The molecule has 0 aromatic carbocycles. The molecule has 24 heavy (non-hydrogen) atoms. The molecule has 132 valence electrons. The molecule has 0 radical (unpaired) electrons. The van der Waals surface area contributed by atoms with Crippen LogP contribution in [0.4, 0.5) is 4.39 Å². The van der Waals surface area contributed by atoms with Crippen LogP contribution in [0.15, 0.2) is 0 Å². The Morgan fingerprint density at radius 3 is 2.83 bits per heavy atom. The van der Waals surface area contributed by atoms with Gasteiger partial charge >= 0.3 is 0 Å². The number of halogens is 1. The molecule has 2 aliphatic carbocycles. The summed E-state index contributed by atoms with van der Waals surface area (Å²) in [5.41, 5.74) is 1.63. The summed E-state index contributed by atoms with van der Waals surface area (Å²) in [6, 6.07) is 0. The van der Waals surface area contributed by atoms with Gasteiger partial charge in [0, 0.05) is 43.9 Å². The number of nitrogens with zero attached hydrogens (tertiary/aromatic N) is 3. The minimum atomic E-state index is -1.61. The molecule has 2 heterocycles. The van der Waals surface area contributed by atoms with Crippen molar-refractivity contribution in [1.82, 2.24) is 14.7 Å². The lowest BCUT2D eigenvalue weighted by atomic mass is 9.80. The maximum absolute atomic E-state index is 14.5. The molecule has 0 bridgehead atoms. The molecule has 0 atom stereocenters. The van der Waals surface area contributed by atoms with Crippen LogP contribution < -0.4 is 0 Å². The van der Waals surface area contributed by atoms with Gasteiger partial charge in [0.2, 0.25) is 0 Å². The first-order valence-electron chi connectivity index (χ1n) is 9.24. The summed E-state index contributed by atoms with van der Waals surface area (Å²) in [5, 5.41) is 4.76. The second-order valence-corrected chi connectivity index (χ2v) is 7.43. The Labute approximate surface area is 142 Å². The number of alkyl halides is 1. The first-order chi connectivity index (χ1) is 11.6. The fourth-order valence-electron chi connectivity index (χ4n) is 3.73. The van der Waals surface area contributed by atoms with Gasteiger partial charge in [0.1, 0.15) is 0 Å². The molecule has 4 rings (SSSR count). The van der Waals surface area contributed by atoms with Crippen LogP contribution in [-0.2, 0) is 35.6 Å². The second kappa shape index (κ2) is 6.14. The van der Waals surface area contributed by atoms with Gasteiger partial charge in [-0.1, -0.05) is 0 Å². The highest BCUT2D eigenvalue weighted by Crippen LogP contribution is 2.39. The molecule has 2 fully saturated rings. The number of amides is 1. The van der Waals surface area contributed by atoms with Crippen molar-refractivity contribution in [3.05, 3.63) is 17.0 Å². The molecular formula is C18H26FN3O2. The minimum absolute atomic E-state index is 0.322. The van der Waals surface area contributed by atoms with E-state index in [9.17, 15) is 9.18 Å². The van der Waals surface area contributed by atoms with Crippen LogP contribution in [0.3, 0.4) is 0 Å². The van der Waals surface area contributed by atoms with E-state index in [1.165, 1.54) is 18.5 Å². The van der Waals surface area contributed by atoms with E-state index in [1.54, 1.807) is 4.90 Å². The zero-order chi connectivity index (χ0) is 16.7. The van der Waals surface area contributed by atoms with E-state index in [4.69, 9.17) is 9.84 Å². The van der Waals surface area contributed by atoms with Gasteiger partial charge in [-0.2, -0.15) is 5.10 Å². The zero-order valence-electron chi connectivity index (χ0n) is 14.4. The molecule has 0 spiro atoms.